The lowest BCUT2D eigenvalue weighted by molar-refractivity contribution is 0.474. The average molecular weight is 456 g/mol. The molecule has 1 fully saturated rings. The van der Waals surface area contributed by atoms with Crippen LogP contribution < -0.4 is 10.2 Å². The van der Waals surface area contributed by atoms with E-state index in [1.165, 1.54) is 0 Å². The fourth-order valence-electron chi connectivity index (χ4n) is 3.92. The molecule has 0 radical (unpaired) electrons. The largest absolute Gasteiger partial charge is 0.361 e. The number of hydrogen-bond donors (Lipinski definition) is 1. The quantitative estimate of drug-likeness (QED) is 0.497. The highest BCUT2D eigenvalue weighted by atomic mass is 35.5. The SMILES string of the molecule is CC1(n2ncc(Nc3ncc4cc(Cl)c(N5CCn6cnnc6C5)cc4n3)c2Cl)CC1. The highest BCUT2D eigenvalue weighted by Crippen LogP contribution is 2.45. The van der Waals surface area contributed by atoms with Gasteiger partial charge in [0.25, 0.3) is 0 Å². The number of halogens is 2. The van der Waals surface area contributed by atoms with Gasteiger partial charge in [0, 0.05) is 24.7 Å². The Hall–Kier alpha value is -2.91. The highest BCUT2D eigenvalue weighted by molar-refractivity contribution is 6.34. The topological polar surface area (TPSA) is 89.6 Å². The lowest BCUT2D eigenvalue weighted by atomic mass is 10.2. The molecule has 6 rings (SSSR count). The molecular formula is C20H19Cl2N9. The molecule has 11 heteroatoms. The van der Waals surface area contributed by atoms with Crippen molar-refractivity contribution in [2.75, 3.05) is 16.8 Å². The van der Waals surface area contributed by atoms with E-state index in [1.54, 1.807) is 18.7 Å². The summed E-state index contributed by atoms with van der Waals surface area (Å²) in [6, 6.07) is 3.89. The summed E-state index contributed by atoms with van der Waals surface area (Å²) in [5.74, 6) is 1.38. The number of rotatable bonds is 4. The van der Waals surface area contributed by atoms with Gasteiger partial charge in [0.05, 0.1) is 40.2 Å². The summed E-state index contributed by atoms with van der Waals surface area (Å²) in [7, 11) is 0. The van der Waals surface area contributed by atoms with Gasteiger partial charge >= 0.3 is 0 Å². The van der Waals surface area contributed by atoms with Gasteiger partial charge in [-0.25, -0.2) is 14.6 Å². The van der Waals surface area contributed by atoms with E-state index in [-0.39, 0.29) is 5.54 Å². The van der Waals surface area contributed by atoms with Gasteiger partial charge in [-0.2, -0.15) is 5.10 Å². The third kappa shape index (κ3) is 3.19. The molecule has 4 heterocycles. The minimum absolute atomic E-state index is 0.0194. The van der Waals surface area contributed by atoms with Crippen LogP contribution in [-0.4, -0.2) is 41.1 Å². The molecule has 1 saturated carbocycles. The number of nitrogens with zero attached hydrogens (tertiary/aromatic N) is 8. The molecule has 4 aromatic rings. The van der Waals surface area contributed by atoms with E-state index in [0.717, 1.165) is 48.3 Å². The fourth-order valence-corrected chi connectivity index (χ4v) is 4.56. The van der Waals surface area contributed by atoms with Crippen molar-refractivity contribution in [3.8, 4) is 0 Å². The second-order valence-electron chi connectivity index (χ2n) is 8.30. The molecule has 1 N–H and O–H groups in total. The van der Waals surface area contributed by atoms with Crippen molar-refractivity contribution < 1.29 is 0 Å². The smallest absolute Gasteiger partial charge is 0.227 e. The Labute approximate surface area is 188 Å². The maximum Gasteiger partial charge on any atom is 0.227 e. The second-order valence-corrected chi connectivity index (χ2v) is 9.07. The Kier molecular flexibility index (Phi) is 4.13. The molecule has 0 spiro atoms. The first-order chi connectivity index (χ1) is 15.0. The van der Waals surface area contributed by atoms with E-state index in [0.29, 0.717) is 28.4 Å². The van der Waals surface area contributed by atoms with Crippen LogP contribution in [0.25, 0.3) is 10.9 Å². The monoisotopic (exact) mass is 455 g/mol. The number of benzene rings is 1. The van der Waals surface area contributed by atoms with Gasteiger partial charge in [0.1, 0.15) is 6.33 Å². The number of hydrogen-bond acceptors (Lipinski definition) is 7. The Morgan fingerprint density at radius 2 is 2.00 bits per heavy atom. The summed E-state index contributed by atoms with van der Waals surface area (Å²) in [4.78, 5) is 11.3. The Morgan fingerprint density at radius 3 is 2.84 bits per heavy atom. The third-order valence-electron chi connectivity index (χ3n) is 6.07. The van der Waals surface area contributed by atoms with Crippen molar-refractivity contribution in [2.24, 2.45) is 0 Å². The molecule has 0 unspecified atom stereocenters. The van der Waals surface area contributed by atoms with Crippen LogP contribution in [0, 0.1) is 0 Å². The molecule has 1 aliphatic carbocycles. The first-order valence-corrected chi connectivity index (χ1v) is 10.8. The maximum atomic E-state index is 6.60. The number of fused-ring (bicyclic) bond motifs is 2. The Bertz CT molecular complexity index is 1310. The van der Waals surface area contributed by atoms with Crippen LogP contribution in [0.1, 0.15) is 25.6 Å². The average Bonchev–Trinajstić information content (AvgIpc) is 3.17. The van der Waals surface area contributed by atoms with Crippen LogP contribution in [0.4, 0.5) is 17.3 Å². The van der Waals surface area contributed by atoms with Crippen LogP contribution in [0.2, 0.25) is 10.2 Å². The van der Waals surface area contributed by atoms with Crippen LogP contribution >= 0.6 is 23.2 Å². The van der Waals surface area contributed by atoms with Crippen molar-refractivity contribution in [1.82, 2.24) is 34.5 Å². The predicted molar refractivity (Wildman–Crippen MR) is 119 cm³/mol. The molecule has 3 aromatic heterocycles. The van der Waals surface area contributed by atoms with Gasteiger partial charge in [0.15, 0.2) is 11.0 Å². The second kappa shape index (κ2) is 6.80. The number of anilines is 3. The van der Waals surface area contributed by atoms with Crippen molar-refractivity contribution in [2.45, 2.75) is 38.4 Å². The van der Waals surface area contributed by atoms with E-state index >= 15 is 0 Å². The van der Waals surface area contributed by atoms with Gasteiger partial charge in [0.2, 0.25) is 5.95 Å². The molecular weight excluding hydrogens is 437 g/mol. The molecule has 1 aliphatic heterocycles. The zero-order chi connectivity index (χ0) is 21.2. The normalized spacial score (nSPS) is 17.1. The third-order valence-corrected chi connectivity index (χ3v) is 6.74. The first-order valence-electron chi connectivity index (χ1n) is 10.1. The van der Waals surface area contributed by atoms with Gasteiger partial charge in [-0.15, -0.1) is 10.2 Å². The fraction of sp³-hybridized carbons (Fsp3) is 0.350. The molecule has 1 aromatic carbocycles. The molecule has 9 nitrogen and oxygen atoms in total. The van der Waals surface area contributed by atoms with Crippen molar-refractivity contribution >= 4 is 51.4 Å². The Balaban J connectivity index is 1.31. The minimum atomic E-state index is 0.0194. The molecule has 0 atom stereocenters. The number of nitrogens with one attached hydrogen (secondary N) is 1. The van der Waals surface area contributed by atoms with Crippen LogP contribution in [0.5, 0.6) is 0 Å². The molecule has 0 bridgehead atoms. The van der Waals surface area contributed by atoms with E-state index in [4.69, 9.17) is 28.2 Å². The standard InChI is InChI=1S/C20H19Cl2N9/c1-20(2-3-20)31-18(22)15(9-25-31)27-19-23-8-12-6-13(21)16(7-14(12)26-19)29-4-5-30-11-24-28-17(30)10-29/h6-9,11H,2-5,10H2,1H3,(H,23,26,27). The van der Waals surface area contributed by atoms with E-state index in [1.807, 2.05) is 16.8 Å². The molecule has 0 saturated heterocycles. The van der Waals surface area contributed by atoms with E-state index in [2.05, 4.69) is 42.0 Å². The lowest BCUT2D eigenvalue weighted by Crippen LogP contribution is -2.33. The zero-order valence-electron chi connectivity index (χ0n) is 16.8. The van der Waals surface area contributed by atoms with Crippen molar-refractivity contribution in [3.63, 3.8) is 0 Å². The molecule has 31 heavy (non-hydrogen) atoms. The summed E-state index contributed by atoms with van der Waals surface area (Å²) < 4.78 is 3.92. The molecule has 0 amide bonds. The summed E-state index contributed by atoms with van der Waals surface area (Å²) in [5, 5.41) is 17.9. The van der Waals surface area contributed by atoms with Crippen LogP contribution in [-0.2, 0) is 18.6 Å². The summed E-state index contributed by atoms with van der Waals surface area (Å²) >= 11 is 13.1. The summed E-state index contributed by atoms with van der Waals surface area (Å²) in [6.07, 6.45) is 7.40. The van der Waals surface area contributed by atoms with E-state index in [9.17, 15) is 0 Å². The van der Waals surface area contributed by atoms with Crippen LogP contribution in [0.15, 0.2) is 30.9 Å². The summed E-state index contributed by atoms with van der Waals surface area (Å²) in [6.45, 7) is 4.43. The summed E-state index contributed by atoms with van der Waals surface area (Å²) in [5.41, 5.74) is 2.42. The van der Waals surface area contributed by atoms with Gasteiger partial charge < -0.3 is 14.8 Å². The van der Waals surface area contributed by atoms with Gasteiger partial charge in [-0.3, -0.25) is 0 Å². The Morgan fingerprint density at radius 1 is 1.13 bits per heavy atom. The lowest BCUT2D eigenvalue weighted by Gasteiger charge is -2.29. The number of aromatic nitrogens is 7. The molecule has 2 aliphatic rings. The maximum absolute atomic E-state index is 6.60. The van der Waals surface area contributed by atoms with E-state index < -0.39 is 0 Å². The van der Waals surface area contributed by atoms with Gasteiger partial charge in [-0.05, 0) is 31.9 Å². The molecule has 158 valence electrons. The van der Waals surface area contributed by atoms with Gasteiger partial charge in [-0.1, -0.05) is 23.2 Å². The zero-order valence-corrected chi connectivity index (χ0v) is 18.3. The highest BCUT2D eigenvalue weighted by Gasteiger charge is 2.42. The van der Waals surface area contributed by atoms with Crippen molar-refractivity contribution in [1.29, 1.82) is 0 Å². The minimum Gasteiger partial charge on any atom is -0.361 e. The first kappa shape index (κ1) is 18.8. The predicted octanol–water partition coefficient (Wildman–Crippen LogP) is 4.00. The van der Waals surface area contributed by atoms with Crippen LogP contribution in [0.3, 0.4) is 0 Å². The van der Waals surface area contributed by atoms with Crippen molar-refractivity contribution in [3.05, 3.63) is 46.9 Å².